The number of rotatable bonds is 12. The molecule has 3 aromatic carbocycles. The lowest BCUT2D eigenvalue weighted by molar-refractivity contribution is 0.0392. The summed E-state index contributed by atoms with van der Waals surface area (Å²) in [5.41, 5.74) is 2.87. The van der Waals surface area contributed by atoms with Crippen LogP contribution in [0.15, 0.2) is 97.3 Å². The highest BCUT2D eigenvalue weighted by Crippen LogP contribution is 2.38. The number of benzene rings is 3. The van der Waals surface area contributed by atoms with Crippen LogP contribution in [-0.2, 0) is 0 Å². The molecule has 0 saturated carbocycles. The van der Waals surface area contributed by atoms with Crippen LogP contribution in [0.1, 0.15) is 30.1 Å². The zero-order valence-corrected chi connectivity index (χ0v) is 31.9. The number of carbonyl (C=O) groups is 1. The Morgan fingerprint density at radius 2 is 1.67 bits per heavy atom. The second-order valence-electron chi connectivity index (χ2n) is 14.3. The van der Waals surface area contributed by atoms with Gasteiger partial charge in [0.2, 0.25) is 5.95 Å². The highest BCUT2D eigenvalue weighted by atomic mass is 19.3. The minimum Gasteiger partial charge on any atom is -0.492 e. The lowest BCUT2D eigenvalue weighted by Crippen LogP contribution is -2.53. The molecule has 6 aromatic rings. The Morgan fingerprint density at radius 3 is 2.43 bits per heavy atom. The van der Waals surface area contributed by atoms with E-state index in [0.29, 0.717) is 54.2 Å². The van der Waals surface area contributed by atoms with Gasteiger partial charge in [0.1, 0.15) is 28.6 Å². The van der Waals surface area contributed by atoms with Crippen molar-refractivity contribution in [3.8, 4) is 28.4 Å². The molecule has 300 valence electrons. The summed E-state index contributed by atoms with van der Waals surface area (Å²) in [6.45, 7) is 6.89. The van der Waals surface area contributed by atoms with E-state index in [4.69, 9.17) is 14.7 Å². The van der Waals surface area contributed by atoms with Gasteiger partial charge in [-0.25, -0.2) is 32.5 Å². The van der Waals surface area contributed by atoms with Crippen LogP contribution in [0.2, 0.25) is 0 Å². The smallest absolute Gasteiger partial charge is 0.255 e. The van der Waals surface area contributed by atoms with Gasteiger partial charge in [0.05, 0.1) is 30.2 Å². The lowest BCUT2D eigenvalue weighted by atomic mass is 10.0. The predicted octanol–water partition coefficient (Wildman–Crippen LogP) is 7.98. The van der Waals surface area contributed by atoms with Gasteiger partial charge in [-0.05, 0) is 74.4 Å². The van der Waals surface area contributed by atoms with E-state index in [1.165, 1.54) is 6.07 Å². The van der Waals surface area contributed by atoms with Crippen molar-refractivity contribution in [2.24, 2.45) is 0 Å². The zero-order chi connectivity index (χ0) is 40.2. The van der Waals surface area contributed by atoms with Crippen LogP contribution in [0.4, 0.5) is 40.6 Å². The molecule has 2 fully saturated rings. The van der Waals surface area contributed by atoms with E-state index >= 15 is 8.78 Å². The van der Waals surface area contributed by atoms with E-state index in [-0.39, 0.29) is 29.3 Å². The third-order valence-electron chi connectivity index (χ3n) is 10.7. The van der Waals surface area contributed by atoms with Gasteiger partial charge in [0.25, 0.3) is 12.3 Å². The number of amides is 1. The molecule has 0 bridgehead atoms. The summed E-state index contributed by atoms with van der Waals surface area (Å²) in [4.78, 5) is 33.6. The fraction of sp³-hybridized carbons (Fsp3) is 0.302. The number of nitrogens with one attached hydrogen (secondary N) is 2. The second-order valence-corrected chi connectivity index (χ2v) is 14.3. The van der Waals surface area contributed by atoms with E-state index in [1.807, 2.05) is 36.1 Å². The Bertz CT molecular complexity index is 2380. The number of nitrogens with zero attached hydrogens (tertiary/aromatic N) is 7. The van der Waals surface area contributed by atoms with Crippen molar-refractivity contribution in [3.63, 3.8) is 0 Å². The highest BCUT2D eigenvalue weighted by molar-refractivity contribution is 6.04. The van der Waals surface area contributed by atoms with Crippen LogP contribution in [-0.4, -0.2) is 99.9 Å². The minimum absolute atomic E-state index is 0.0257. The first-order valence-electron chi connectivity index (χ1n) is 19.4. The number of carbonyl (C=O) groups excluding carboxylic acids is 1. The normalized spacial score (nSPS) is 15.6. The molecule has 11 nitrogen and oxygen atoms in total. The number of imidazole rings is 1. The van der Waals surface area contributed by atoms with Crippen LogP contribution in [0.25, 0.3) is 28.3 Å². The average Bonchev–Trinajstić information content (AvgIpc) is 3.63. The molecule has 2 aliphatic rings. The van der Waals surface area contributed by atoms with Gasteiger partial charge in [-0.3, -0.25) is 19.0 Å². The first kappa shape index (κ1) is 38.8. The second kappa shape index (κ2) is 17.2. The van der Waals surface area contributed by atoms with Crippen molar-refractivity contribution in [2.75, 3.05) is 68.0 Å². The molecule has 2 saturated heterocycles. The number of fused-ring (bicyclic) bond motifs is 1. The summed E-state index contributed by atoms with van der Waals surface area (Å²) < 4.78 is 65.0. The van der Waals surface area contributed by atoms with Crippen molar-refractivity contribution in [1.82, 2.24) is 29.2 Å². The summed E-state index contributed by atoms with van der Waals surface area (Å²) in [6.07, 6.45) is 3.03. The van der Waals surface area contributed by atoms with Gasteiger partial charge in [0.15, 0.2) is 5.82 Å². The van der Waals surface area contributed by atoms with Gasteiger partial charge in [-0.15, -0.1) is 0 Å². The summed E-state index contributed by atoms with van der Waals surface area (Å²) >= 11 is 0. The molecule has 58 heavy (non-hydrogen) atoms. The molecule has 2 N–H and O–H groups in total. The number of hydrogen-bond donors (Lipinski definition) is 2. The fourth-order valence-corrected chi connectivity index (χ4v) is 7.81. The molecule has 3 aromatic heterocycles. The Morgan fingerprint density at radius 1 is 0.897 bits per heavy atom. The van der Waals surface area contributed by atoms with Crippen molar-refractivity contribution >= 4 is 34.6 Å². The molecule has 0 aliphatic carbocycles. The van der Waals surface area contributed by atoms with Gasteiger partial charge in [-0.1, -0.05) is 24.3 Å². The van der Waals surface area contributed by atoms with Gasteiger partial charge < -0.3 is 20.3 Å². The maximum atomic E-state index is 16.3. The Hall–Kier alpha value is -6.06. The molecule has 0 unspecified atom stereocenters. The number of piperidine rings is 1. The maximum Gasteiger partial charge on any atom is 0.255 e. The van der Waals surface area contributed by atoms with Crippen LogP contribution in [0.3, 0.4) is 0 Å². The summed E-state index contributed by atoms with van der Waals surface area (Å²) in [5.74, 6) is -1.67. The molecular formula is C43H43F4N9O2. The number of pyridine rings is 1. The SMILES string of the molecule is CCOc1cc(N2CCC(N3CCN(CC(F)F)CC3)CC2)ccc1Nc1nccc(-c2c(-c3ccc(F)c(NC(=O)c4ccccc4)c3F)nc3ccccn23)n1. The summed E-state index contributed by atoms with van der Waals surface area (Å²) in [6, 6.07) is 24.1. The number of hydrogen-bond acceptors (Lipinski definition) is 9. The minimum atomic E-state index is -2.30. The third kappa shape index (κ3) is 8.31. The number of anilines is 4. The standard InChI is InChI=1S/C43H43F4N9O2/c1-2-58-35-26-30(54-20-16-29(17-21-54)55-24-22-53(23-25-55)27-36(45)46)11-14-33(35)49-43-48-18-15-34(50-43)41-39(51-37-10-6-7-19-56(37)41)31-12-13-32(44)40(38(31)47)52-42(57)28-8-4-3-5-9-28/h3-15,18-19,26,29,36H,2,16-17,20-25,27H2,1H3,(H,52,57)(H,48,49,50). The number of ether oxygens (including phenoxy) is 1. The quantitative estimate of drug-likeness (QED) is 0.120. The molecule has 2 aliphatic heterocycles. The van der Waals surface area contributed by atoms with Crippen molar-refractivity contribution < 1.29 is 27.1 Å². The van der Waals surface area contributed by atoms with E-state index in [9.17, 15) is 13.6 Å². The number of halogens is 4. The zero-order valence-electron chi connectivity index (χ0n) is 31.9. The molecule has 0 atom stereocenters. The first-order chi connectivity index (χ1) is 28.2. The van der Waals surface area contributed by atoms with Gasteiger partial charge in [-0.2, -0.15) is 0 Å². The van der Waals surface area contributed by atoms with Crippen LogP contribution in [0.5, 0.6) is 5.75 Å². The maximum absolute atomic E-state index is 16.3. The molecule has 0 spiro atoms. The fourth-order valence-electron chi connectivity index (χ4n) is 7.81. The largest absolute Gasteiger partial charge is 0.492 e. The predicted molar refractivity (Wildman–Crippen MR) is 216 cm³/mol. The topological polar surface area (TPSA) is 103 Å². The lowest BCUT2D eigenvalue weighted by Gasteiger charge is -2.43. The van der Waals surface area contributed by atoms with Crippen LogP contribution < -0.4 is 20.3 Å². The van der Waals surface area contributed by atoms with Crippen molar-refractivity contribution in [2.45, 2.75) is 32.2 Å². The Balaban J connectivity index is 1.02. The monoisotopic (exact) mass is 793 g/mol. The molecule has 5 heterocycles. The molecule has 0 radical (unpaired) electrons. The van der Waals surface area contributed by atoms with Gasteiger partial charge in [0, 0.05) is 80.6 Å². The third-order valence-corrected chi connectivity index (χ3v) is 10.7. The average molecular weight is 794 g/mol. The van der Waals surface area contributed by atoms with Gasteiger partial charge >= 0.3 is 0 Å². The van der Waals surface area contributed by atoms with E-state index in [2.05, 4.69) is 25.4 Å². The Labute approximate surface area is 333 Å². The molecular weight excluding hydrogens is 751 g/mol. The summed E-state index contributed by atoms with van der Waals surface area (Å²) in [7, 11) is 0. The van der Waals surface area contributed by atoms with E-state index in [1.54, 1.807) is 65.3 Å². The molecule has 8 rings (SSSR count). The highest BCUT2D eigenvalue weighted by Gasteiger charge is 2.29. The van der Waals surface area contributed by atoms with Crippen LogP contribution in [0, 0.1) is 11.6 Å². The Kier molecular flexibility index (Phi) is 11.5. The first-order valence-corrected chi connectivity index (χ1v) is 19.4. The van der Waals surface area contributed by atoms with Crippen molar-refractivity contribution in [1.29, 1.82) is 0 Å². The molecule has 1 amide bonds. The van der Waals surface area contributed by atoms with Crippen LogP contribution >= 0.6 is 0 Å². The molecule has 15 heteroatoms. The van der Waals surface area contributed by atoms with E-state index < -0.39 is 29.7 Å². The number of piperazine rings is 1. The summed E-state index contributed by atoms with van der Waals surface area (Å²) in [5, 5.41) is 5.70. The number of alkyl halides is 2. The van der Waals surface area contributed by atoms with Crippen molar-refractivity contribution in [3.05, 3.63) is 115 Å². The number of aromatic nitrogens is 4. The van der Waals surface area contributed by atoms with E-state index in [0.717, 1.165) is 50.8 Å².